The number of hydrogen-bond acceptors (Lipinski definition) is 3. The van der Waals surface area contributed by atoms with Gasteiger partial charge in [0.05, 0.1) is 6.54 Å². The maximum atomic E-state index is 13.1. The molecule has 0 spiro atoms. The van der Waals surface area contributed by atoms with Gasteiger partial charge >= 0.3 is 0 Å². The van der Waals surface area contributed by atoms with Crippen LogP contribution >= 0.6 is 0 Å². The van der Waals surface area contributed by atoms with Gasteiger partial charge in [0.15, 0.2) is 0 Å². The molecule has 3 aromatic carbocycles. The summed E-state index contributed by atoms with van der Waals surface area (Å²) in [6, 6.07) is 19.3. The third-order valence-corrected chi connectivity index (χ3v) is 5.35. The molecule has 128 valence electrons. The fraction of sp³-hybridized carbons (Fsp3) is 0.182. The molecule has 0 radical (unpaired) electrons. The van der Waals surface area contributed by atoms with Gasteiger partial charge in [-0.05, 0) is 30.2 Å². The maximum Gasteiger partial charge on any atom is 0.261 e. The van der Waals surface area contributed by atoms with E-state index in [-0.39, 0.29) is 11.8 Å². The molecule has 2 aliphatic heterocycles. The van der Waals surface area contributed by atoms with Crippen LogP contribution in [0.1, 0.15) is 32.7 Å². The predicted molar refractivity (Wildman–Crippen MR) is 101 cm³/mol. The summed E-state index contributed by atoms with van der Waals surface area (Å²) in [5.74, 6) is -0.421. The van der Waals surface area contributed by atoms with Crippen molar-refractivity contribution in [1.29, 1.82) is 0 Å². The van der Waals surface area contributed by atoms with E-state index in [4.69, 9.17) is 0 Å². The average Bonchev–Trinajstić information content (AvgIpc) is 2.63. The molecule has 26 heavy (non-hydrogen) atoms. The number of imide groups is 1. The van der Waals surface area contributed by atoms with Crippen LogP contribution in [0.2, 0.25) is 0 Å². The highest BCUT2D eigenvalue weighted by Crippen LogP contribution is 2.37. The second-order valence-electron chi connectivity index (χ2n) is 6.88. The highest BCUT2D eigenvalue weighted by molar-refractivity contribution is 6.26. The van der Waals surface area contributed by atoms with Crippen LogP contribution in [0.4, 0.5) is 5.69 Å². The van der Waals surface area contributed by atoms with E-state index < -0.39 is 0 Å². The van der Waals surface area contributed by atoms with Crippen molar-refractivity contribution in [2.24, 2.45) is 0 Å². The first kappa shape index (κ1) is 15.1. The van der Waals surface area contributed by atoms with Crippen molar-refractivity contribution in [1.82, 2.24) is 4.90 Å². The van der Waals surface area contributed by atoms with E-state index in [0.29, 0.717) is 17.7 Å². The molecule has 1 fully saturated rings. The lowest BCUT2D eigenvalue weighted by Crippen LogP contribution is -2.40. The van der Waals surface area contributed by atoms with Gasteiger partial charge in [0.2, 0.25) is 0 Å². The average molecular weight is 342 g/mol. The minimum Gasteiger partial charge on any atom is -0.371 e. The summed E-state index contributed by atoms with van der Waals surface area (Å²) < 4.78 is 0. The van der Waals surface area contributed by atoms with Gasteiger partial charge in [-0.2, -0.15) is 0 Å². The SMILES string of the molecule is O=C1c2cccc3c(N4CCC4)ccc(c23)C(=O)N1Cc1ccccc1. The van der Waals surface area contributed by atoms with Crippen LogP contribution in [-0.4, -0.2) is 29.8 Å². The summed E-state index contributed by atoms with van der Waals surface area (Å²) in [5.41, 5.74) is 3.31. The Hall–Kier alpha value is -3.14. The number of benzene rings is 3. The highest BCUT2D eigenvalue weighted by Gasteiger charge is 2.34. The Kier molecular flexibility index (Phi) is 3.32. The van der Waals surface area contributed by atoms with Crippen LogP contribution in [0.3, 0.4) is 0 Å². The van der Waals surface area contributed by atoms with Gasteiger partial charge in [-0.15, -0.1) is 0 Å². The number of anilines is 1. The molecule has 3 aromatic rings. The molecule has 0 atom stereocenters. The lowest BCUT2D eigenvalue weighted by molar-refractivity contribution is 0.0598. The van der Waals surface area contributed by atoms with Gasteiger partial charge in [0.25, 0.3) is 11.8 Å². The minimum atomic E-state index is -0.210. The Morgan fingerprint density at radius 1 is 0.769 bits per heavy atom. The second kappa shape index (κ2) is 5.70. The number of carbonyl (C=O) groups is 2. The van der Waals surface area contributed by atoms with E-state index in [1.165, 1.54) is 11.3 Å². The molecule has 0 aliphatic carbocycles. The molecule has 0 N–H and O–H groups in total. The predicted octanol–water partition coefficient (Wildman–Crippen LogP) is 3.85. The third kappa shape index (κ3) is 2.15. The molecular formula is C22H18N2O2. The van der Waals surface area contributed by atoms with Crippen molar-refractivity contribution in [3.8, 4) is 0 Å². The van der Waals surface area contributed by atoms with E-state index >= 15 is 0 Å². The van der Waals surface area contributed by atoms with Crippen LogP contribution in [0.25, 0.3) is 10.8 Å². The lowest BCUT2D eigenvalue weighted by Gasteiger charge is -2.35. The summed E-state index contributed by atoms with van der Waals surface area (Å²) in [6.07, 6.45) is 1.19. The Bertz CT molecular complexity index is 1020. The molecule has 0 bridgehead atoms. The molecule has 2 amide bonds. The first-order valence-electron chi connectivity index (χ1n) is 8.95. The molecule has 0 unspecified atom stereocenters. The van der Waals surface area contributed by atoms with Crippen LogP contribution in [0, 0.1) is 0 Å². The minimum absolute atomic E-state index is 0.210. The monoisotopic (exact) mass is 342 g/mol. The topological polar surface area (TPSA) is 40.6 Å². The van der Waals surface area contributed by atoms with Crippen molar-refractivity contribution < 1.29 is 9.59 Å². The molecule has 4 nitrogen and oxygen atoms in total. The van der Waals surface area contributed by atoms with Crippen molar-refractivity contribution in [3.63, 3.8) is 0 Å². The molecule has 2 aliphatic rings. The van der Waals surface area contributed by atoms with Gasteiger partial charge in [-0.1, -0.05) is 42.5 Å². The van der Waals surface area contributed by atoms with E-state index in [1.807, 2.05) is 60.7 Å². The molecule has 5 rings (SSSR count). The van der Waals surface area contributed by atoms with Crippen LogP contribution < -0.4 is 4.90 Å². The van der Waals surface area contributed by atoms with Crippen LogP contribution in [-0.2, 0) is 6.54 Å². The van der Waals surface area contributed by atoms with Gasteiger partial charge in [0, 0.05) is 40.7 Å². The largest absolute Gasteiger partial charge is 0.371 e. The van der Waals surface area contributed by atoms with Crippen molar-refractivity contribution in [2.75, 3.05) is 18.0 Å². The van der Waals surface area contributed by atoms with E-state index in [0.717, 1.165) is 35.1 Å². The maximum absolute atomic E-state index is 13.1. The van der Waals surface area contributed by atoms with Crippen molar-refractivity contribution >= 4 is 28.3 Å². The fourth-order valence-electron chi connectivity index (χ4n) is 3.87. The molecule has 2 heterocycles. The first-order chi connectivity index (χ1) is 12.7. The summed E-state index contributed by atoms with van der Waals surface area (Å²) in [6.45, 7) is 2.35. The highest BCUT2D eigenvalue weighted by atomic mass is 16.2. The van der Waals surface area contributed by atoms with Gasteiger partial charge in [-0.25, -0.2) is 0 Å². The first-order valence-corrected chi connectivity index (χ1v) is 8.95. The van der Waals surface area contributed by atoms with E-state index in [1.54, 1.807) is 0 Å². The molecule has 1 saturated heterocycles. The Balaban J connectivity index is 1.64. The van der Waals surface area contributed by atoms with Crippen molar-refractivity contribution in [3.05, 3.63) is 77.4 Å². The smallest absolute Gasteiger partial charge is 0.261 e. The second-order valence-corrected chi connectivity index (χ2v) is 6.88. The van der Waals surface area contributed by atoms with Gasteiger partial charge in [-0.3, -0.25) is 14.5 Å². The number of rotatable bonds is 3. The summed E-state index contributed by atoms with van der Waals surface area (Å²) in [4.78, 5) is 29.8. The molecule has 0 aromatic heterocycles. The summed E-state index contributed by atoms with van der Waals surface area (Å²) >= 11 is 0. The summed E-state index contributed by atoms with van der Waals surface area (Å²) in [7, 11) is 0. The zero-order valence-electron chi connectivity index (χ0n) is 14.3. The van der Waals surface area contributed by atoms with Crippen LogP contribution in [0.5, 0.6) is 0 Å². The molecule has 0 saturated carbocycles. The van der Waals surface area contributed by atoms with Crippen molar-refractivity contribution in [2.45, 2.75) is 13.0 Å². The number of hydrogen-bond donors (Lipinski definition) is 0. The summed E-state index contributed by atoms with van der Waals surface area (Å²) in [5, 5.41) is 1.80. The Morgan fingerprint density at radius 2 is 1.50 bits per heavy atom. The molecule has 4 heteroatoms. The normalized spacial score (nSPS) is 16.2. The van der Waals surface area contributed by atoms with E-state index in [2.05, 4.69) is 4.90 Å². The number of nitrogens with zero attached hydrogens (tertiary/aromatic N) is 2. The molecular weight excluding hydrogens is 324 g/mol. The lowest BCUT2D eigenvalue weighted by atomic mass is 9.92. The van der Waals surface area contributed by atoms with Crippen LogP contribution in [0.15, 0.2) is 60.7 Å². The fourth-order valence-corrected chi connectivity index (χ4v) is 3.87. The zero-order chi connectivity index (χ0) is 17.7. The number of carbonyl (C=O) groups excluding carboxylic acids is 2. The standard InChI is InChI=1S/C22H18N2O2/c25-21-17-9-4-8-16-19(23-12-5-13-23)11-10-18(20(16)17)22(26)24(21)14-15-6-2-1-3-7-15/h1-4,6-11H,5,12-14H2. The third-order valence-electron chi connectivity index (χ3n) is 5.35. The van der Waals surface area contributed by atoms with Gasteiger partial charge < -0.3 is 4.90 Å². The Labute approximate surface area is 151 Å². The number of amides is 2. The van der Waals surface area contributed by atoms with Gasteiger partial charge in [0.1, 0.15) is 0 Å². The zero-order valence-corrected chi connectivity index (χ0v) is 14.3. The quantitative estimate of drug-likeness (QED) is 0.679. The van der Waals surface area contributed by atoms with E-state index in [9.17, 15) is 9.59 Å². The Morgan fingerprint density at radius 3 is 2.19 bits per heavy atom.